The molecule has 1 aliphatic heterocycles. The summed E-state index contributed by atoms with van der Waals surface area (Å²) in [5.74, 6) is 1.28. The van der Waals surface area contributed by atoms with Gasteiger partial charge in [-0.1, -0.05) is 6.07 Å². The van der Waals surface area contributed by atoms with E-state index in [0.29, 0.717) is 24.0 Å². The summed E-state index contributed by atoms with van der Waals surface area (Å²) in [7, 11) is 5.37. The summed E-state index contributed by atoms with van der Waals surface area (Å²) in [5, 5.41) is 21.3. The van der Waals surface area contributed by atoms with Gasteiger partial charge >= 0.3 is 0 Å². The lowest BCUT2D eigenvalue weighted by molar-refractivity contribution is -0.0137. The second-order valence-corrected chi connectivity index (χ2v) is 7.35. The minimum Gasteiger partial charge on any atom is -0.510 e. The number of benzene rings is 1. The van der Waals surface area contributed by atoms with Crippen molar-refractivity contribution in [3.63, 3.8) is 0 Å². The first-order valence-corrected chi connectivity index (χ1v) is 8.55. The average Bonchev–Trinajstić information content (AvgIpc) is 2.58. The van der Waals surface area contributed by atoms with Gasteiger partial charge in [0.25, 0.3) is 0 Å². The van der Waals surface area contributed by atoms with Crippen LogP contribution in [0.15, 0.2) is 24.0 Å². The number of likely N-dealkylation sites (N-methyl/N-ethyl adjacent to an activating group) is 1. The van der Waals surface area contributed by atoms with Crippen molar-refractivity contribution in [2.75, 3.05) is 27.8 Å². The smallest absolute Gasteiger partial charge is 0.161 e. The molecule has 0 saturated carbocycles. The van der Waals surface area contributed by atoms with Gasteiger partial charge in [-0.05, 0) is 50.6 Å². The van der Waals surface area contributed by atoms with Crippen LogP contribution in [0.25, 0.3) is 0 Å². The zero-order valence-electron chi connectivity index (χ0n) is 14.5. The normalized spacial score (nSPS) is 35.0. The Labute approximate surface area is 142 Å². The highest BCUT2D eigenvalue weighted by molar-refractivity contribution is 5.57. The van der Waals surface area contributed by atoms with Gasteiger partial charge in [0, 0.05) is 30.0 Å². The average molecular weight is 331 g/mol. The van der Waals surface area contributed by atoms with Gasteiger partial charge in [0.05, 0.1) is 7.11 Å². The lowest BCUT2D eigenvalue weighted by atomic mass is 9.53. The van der Waals surface area contributed by atoms with Crippen LogP contribution in [0.5, 0.6) is 11.5 Å². The van der Waals surface area contributed by atoms with E-state index in [9.17, 15) is 10.2 Å². The van der Waals surface area contributed by atoms with Crippen LogP contribution in [0, 0.1) is 5.92 Å². The largest absolute Gasteiger partial charge is 0.510 e. The molecule has 1 aromatic carbocycles. The van der Waals surface area contributed by atoms with E-state index >= 15 is 0 Å². The molecule has 24 heavy (non-hydrogen) atoms. The van der Waals surface area contributed by atoms with E-state index in [-0.39, 0.29) is 23.2 Å². The minimum atomic E-state index is -0.318. The Balaban J connectivity index is 1.96. The molecule has 4 rings (SSSR count). The molecule has 1 fully saturated rings. The Bertz CT molecular complexity index is 701. The van der Waals surface area contributed by atoms with E-state index < -0.39 is 0 Å². The van der Waals surface area contributed by atoms with Gasteiger partial charge in [-0.2, -0.15) is 0 Å². The van der Waals surface area contributed by atoms with Crippen LogP contribution in [0.4, 0.5) is 0 Å². The van der Waals surface area contributed by atoms with Gasteiger partial charge in [0.15, 0.2) is 11.5 Å². The Morgan fingerprint density at radius 2 is 2.04 bits per heavy atom. The van der Waals surface area contributed by atoms with Crippen LogP contribution in [0.3, 0.4) is 0 Å². The lowest BCUT2D eigenvalue weighted by Gasteiger charge is -2.57. The van der Waals surface area contributed by atoms with Crippen LogP contribution in [0.2, 0.25) is 0 Å². The number of fused-ring (bicyclic) bond motifs is 1. The van der Waals surface area contributed by atoms with Gasteiger partial charge < -0.3 is 24.6 Å². The molecule has 1 aromatic rings. The van der Waals surface area contributed by atoms with Crippen molar-refractivity contribution in [3.8, 4) is 11.5 Å². The second kappa shape index (κ2) is 5.39. The van der Waals surface area contributed by atoms with Crippen LogP contribution < -0.4 is 4.74 Å². The number of aliphatic hydroxyl groups excluding tert-OH is 1. The highest BCUT2D eigenvalue weighted by Gasteiger charge is 2.56. The van der Waals surface area contributed by atoms with Crippen LogP contribution in [-0.2, 0) is 16.6 Å². The predicted octanol–water partition coefficient (Wildman–Crippen LogP) is 2.38. The number of ether oxygens (including phenoxy) is 2. The van der Waals surface area contributed by atoms with Crippen molar-refractivity contribution >= 4 is 0 Å². The molecule has 0 radical (unpaired) electrons. The fourth-order valence-electron chi connectivity index (χ4n) is 5.20. The van der Waals surface area contributed by atoms with E-state index in [0.717, 1.165) is 24.9 Å². The van der Waals surface area contributed by atoms with Crippen molar-refractivity contribution in [3.05, 3.63) is 35.1 Å². The number of aromatic hydroxyl groups is 1. The quantitative estimate of drug-likeness (QED) is 0.871. The van der Waals surface area contributed by atoms with E-state index in [1.54, 1.807) is 14.2 Å². The highest BCUT2D eigenvalue weighted by atomic mass is 16.5. The third-order valence-electron chi connectivity index (χ3n) is 6.42. The summed E-state index contributed by atoms with van der Waals surface area (Å²) in [6.45, 7) is 0.974. The Morgan fingerprint density at radius 1 is 1.25 bits per heavy atom. The summed E-state index contributed by atoms with van der Waals surface area (Å²) < 4.78 is 10.9. The number of rotatable bonds is 2. The van der Waals surface area contributed by atoms with Crippen LogP contribution in [0.1, 0.15) is 24.0 Å². The first-order chi connectivity index (χ1) is 11.5. The molecule has 0 amide bonds. The maximum absolute atomic E-state index is 10.9. The number of likely N-dealkylation sites (tertiary alicyclic amines) is 1. The number of piperidine rings is 1. The standard InChI is InChI=1S/C19H25NO4/c1-20-7-6-19-10-16(24-3)14(21)9-12(19)13(20)8-11-4-5-15(23-2)18(22)17(11)19/h4-5,9,12-13,16,21-22H,6-8,10H2,1-3H3/t12?,13?,16?,19-/m1/s1. The molecular formula is C19H25NO4. The van der Waals surface area contributed by atoms with Gasteiger partial charge in [0.2, 0.25) is 0 Å². The maximum atomic E-state index is 10.9. The third-order valence-corrected chi connectivity index (χ3v) is 6.42. The third kappa shape index (κ3) is 1.94. The molecule has 2 aliphatic carbocycles. The molecule has 0 spiro atoms. The fraction of sp³-hybridized carbons (Fsp3) is 0.579. The number of phenols is 1. The molecule has 2 bridgehead atoms. The molecule has 1 heterocycles. The van der Waals surface area contributed by atoms with Crippen molar-refractivity contribution in [2.45, 2.75) is 36.8 Å². The molecule has 0 aromatic heterocycles. The molecule has 130 valence electrons. The molecule has 5 heteroatoms. The van der Waals surface area contributed by atoms with Crippen molar-refractivity contribution in [1.82, 2.24) is 4.90 Å². The zero-order valence-corrected chi connectivity index (χ0v) is 14.5. The van der Waals surface area contributed by atoms with Gasteiger partial charge in [-0.3, -0.25) is 0 Å². The second-order valence-electron chi connectivity index (χ2n) is 7.35. The predicted molar refractivity (Wildman–Crippen MR) is 90.7 cm³/mol. The SMILES string of the molecule is COc1ccc2c(c1O)[C@@]13CCN(C)C(C2)C1C=C(O)C(OC)C3. The first kappa shape index (κ1) is 15.8. The number of hydrogen-bond acceptors (Lipinski definition) is 5. The number of nitrogens with zero attached hydrogens (tertiary/aromatic N) is 1. The lowest BCUT2D eigenvalue weighted by Crippen LogP contribution is -2.60. The first-order valence-electron chi connectivity index (χ1n) is 8.55. The molecule has 5 nitrogen and oxygen atoms in total. The van der Waals surface area contributed by atoms with Crippen LogP contribution in [-0.4, -0.2) is 55.1 Å². The molecule has 3 aliphatic rings. The minimum absolute atomic E-state index is 0.174. The van der Waals surface area contributed by atoms with E-state index in [1.807, 2.05) is 12.1 Å². The monoisotopic (exact) mass is 331 g/mol. The molecular weight excluding hydrogens is 306 g/mol. The summed E-state index contributed by atoms with van der Waals surface area (Å²) in [6, 6.07) is 4.27. The van der Waals surface area contributed by atoms with E-state index in [4.69, 9.17) is 9.47 Å². The number of hydrogen-bond donors (Lipinski definition) is 2. The summed E-state index contributed by atoms with van der Waals surface area (Å²) >= 11 is 0. The van der Waals surface area contributed by atoms with Crippen LogP contribution >= 0.6 is 0 Å². The maximum Gasteiger partial charge on any atom is 0.161 e. The zero-order chi connectivity index (χ0) is 17.1. The van der Waals surface area contributed by atoms with Gasteiger partial charge in [-0.25, -0.2) is 0 Å². The number of aliphatic hydroxyl groups is 1. The van der Waals surface area contributed by atoms with Crippen molar-refractivity contribution < 1.29 is 19.7 Å². The van der Waals surface area contributed by atoms with Gasteiger partial charge in [-0.15, -0.1) is 0 Å². The molecule has 1 saturated heterocycles. The topological polar surface area (TPSA) is 62.2 Å². The van der Waals surface area contributed by atoms with Crippen molar-refractivity contribution in [1.29, 1.82) is 0 Å². The number of methoxy groups -OCH3 is 2. The molecule has 2 N–H and O–H groups in total. The highest BCUT2D eigenvalue weighted by Crippen LogP contribution is 2.58. The van der Waals surface area contributed by atoms with E-state index in [2.05, 4.69) is 18.0 Å². The molecule has 3 unspecified atom stereocenters. The summed E-state index contributed by atoms with van der Waals surface area (Å²) in [6.07, 6.45) is 4.15. The fourth-order valence-corrected chi connectivity index (χ4v) is 5.20. The Morgan fingerprint density at radius 3 is 2.75 bits per heavy atom. The van der Waals surface area contributed by atoms with Gasteiger partial charge in [0.1, 0.15) is 11.9 Å². The molecule has 4 atom stereocenters. The van der Waals surface area contributed by atoms with Crippen molar-refractivity contribution in [2.24, 2.45) is 5.92 Å². The Kier molecular flexibility index (Phi) is 3.55. The summed E-state index contributed by atoms with van der Waals surface area (Å²) in [4.78, 5) is 2.38. The summed E-state index contributed by atoms with van der Waals surface area (Å²) in [5.41, 5.74) is 1.98. The Hall–Kier alpha value is -1.72. The number of phenolic OH excluding ortho intramolecular Hbond substituents is 1. The van der Waals surface area contributed by atoms with E-state index in [1.165, 1.54) is 5.56 Å².